The van der Waals surface area contributed by atoms with Gasteiger partial charge in [-0.15, -0.1) is 0 Å². The van der Waals surface area contributed by atoms with Crippen molar-refractivity contribution in [2.24, 2.45) is 5.73 Å². The van der Waals surface area contributed by atoms with E-state index in [0.29, 0.717) is 26.9 Å². The van der Waals surface area contributed by atoms with E-state index in [0.717, 1.165) is 0 Å². The highest BCUT2D eigenvalue weighted by molar-refractivity contribution is 6.42. The Labute approximate surface area is 132 Å². The minimum Gasteiger partial charge on any atom is -0.487 e. The van der Waals surface area contributed by atoms with Crippen LogP contribution in [0, 0.1) is 17.7 Å². The molecule has 108 valence electrons. The molecular formula is C16H12Cl2FNO. The molecule has 0 aromatic heterocycles. The lowest BCUT2D eigenvalue weighted by atomic mass is 10.1. The predicted molar refractivity (Wildman–Crippen MR) is 83.1 cm³/mol. The first kappa shape index (κ1) is 15.7. The SMILES string of the molecule is NCC#Cc1cc(F)cc(COc2cccc(Cl)c2Cl)c1. The maximum atomic E-state index is 13.5. The molecule has 0 spiro atoms. The summed E-state index contributed by atoms with van der Waals surface area (Å²) in [6.07, 6.45) is 0. The Hall–Kier alpha value is -1.73. The first-order valence-electron chi connectivity index (χ1n) is 6.15. The second-order valence-corrected chi connectivity index (χ2v) is 4.98. The van der Waals surface area contributed by atoms with Gasteiger partial charge < -0.3 is 10.5 Å². The van der Waals surface area contributed by atoms with E-state index in [1.165, 1.54) is 12.1 Å². The molecule has 2 rings (SSSR count). The number of hydrogen-bond donors (Lipinski definition) is 1. The fraction of sp³-hybridized carbons (Fsp3) is 0.125. The minimum atomic E-state index is -0.380. The van der Waals surface area contributed by atoms with Crippen LogP contribution in [-0.4, -0.2) is 6.54 Å². The Bertz CT molecular complexity index is 707. The molecule has 0 aliphatic rings. The zero-order chi connectivity index (χ0) is 15.2. The molecule has 0 aliphatic carbocycles. The molecule has 0 saturated carbocycles. The van der Waals surface area contributed by atoms with Gasteiger partial charge in [-0.25, -0.2) is 4.39 Å². The Morgan fingerprint density at radius 2 is 2.00 bits per heavy atom. The maximum Gasteiger partial charge on any atom is 0.139 e. The van der Waals surface area contributed by atoms with Gasteiger partial charge in [-0.1, -0.05) is 41.1 Å². The zero-order valence-corrected chi connectivity index (χ0v) is 12.5. The van der Waals surface area contributed by atoms with Crippen molar-refractivity contribution in [3.8, 4) is 17.6 Å². The van der Waals surface area contributed by atoms with Crippen LogP contribution in [-0.2, 0) is 6.61 Å². The molecule has 0 heterocycles. The molecule has 0 saturated heterocycles. The van der Waals surface area contributed by atoms with Gasteiger partial charge in [0.15, 0.2) is 0 Å². The van der Waals surface area contributed by atoms with E-state index in [1.54, 1.807) is 24.3 Å². The molecular weight excluding hydrogens is 312 g/mol. The summed E-state index contributed by atoms with van der Waals surface area (Å²) in [5, 5.41) is 0.738. The molecule has 0 atom stereocenters. The fourth-order valence-corrected chi connectivity index (χ4v) is 2.06. The third-order valence-electron chi connectivity index (χ3n) is 2.60. The molecule has 2 nitrogen and oxygen atoms in total. The molecule has 21 heavy (non-hydrogen) atoms. The lowest BCUT2D eigenvalue weighted by Crippen LogP contribution is -1.98. The van der Waals surface area contributed by atoms with Crippen molar-refractivity contribution < 1.29 is 9.13 Å². The third kappa shape index (κ3) is 4.37. The van der Waals surface area contributed by atoms with Crippen molar-refractivity contribution in [2.45, 2.75) is 6.61 Å². The molecule has 2 aromatic carbocycles. The number of rotatable bonds is 3. The average molecular weight is 324 g/mol. The van der Waals surface area contributed by atoms with Gasteiger partial charge >= 0.3 is 0 Å². The van der Waals surface area contributed by atoms with Crippen LogP contribution in [0.4, 0.5) is 4.39 Å². The monoisotopic (exact) mass is 323 g/mol. The Kier molecular flexibility index (Phi) is 5.46. The van der Waals surface area contributed by atoms with Crippen LogP contribution in [0.2, 0.25) is 10.0 Å². The van der Waals surface area contributed by atoms with Crippen LogP contribution in [0.25, 0.3) is 0 Å². The van der Waals surface area contributed by atoms with Gasteiger partial charge in [0.05, 0.1) is 11.6 Å². The number of ether oxygens (including phenoxy) is 1. The summed E-state index contributed by atoms with van der Waals surface area (Å²) in [5.74, 6) is 5.53. The smallest absolute Gasteiger partial charge is 0.139 e. The lowest BCUT2D eigenvalue weighted by Gasteiger charge is -2.09. The van der Waals surface area contributed by atoms with Crippen LogP contribution in [0.15, 0.2) is 36.4 Å². The fourth-order valence-electron chi connectivity index (χ4n) is 1.72. The van der Waals surface area contributed by atoms with Crippen molar-refractivity contribution in [2.75, 3.05) is 6.54 Å². The molecule has 0 amide bonds. The summed E-state index contributed by atoms with van der Waals surface area (Å²) in [4.78, 5) is 0. The van der Waals surface area contributed by atoms with Gasteiger partial charge in [0.2, 0.25) is 0 Å². The van der Waals surface area contributed by atoms with Crippen LogP contribution in [0.5, 0.6) is 5.75 Å². The highest BCUT2D eigenvalue weighted by Crippen LogP contribution is 2.31. The second-order valence-electron chi connectivity index (χ2n) is 4.19. The summed E-state index contributed by atoms with van der Waals surface area (Å²) >= 11 is 11.9. The molecule has 5 heteroatoms. The van der Waals surface area contributed by atoms with E-state index >= 15 is 0 Å². The summed E-state index contributed by atoms with van der Waals surface area (Å²) in [6, 6.07) is 9.56. The van der Waals surface area contributed by atoms with Gasteiger partial charge in [0, 0.05) is 5.56 Å². The van der Waals surface area contributed by atoms with E-state index < -0.39 is 0 Å². The van der Waals surface area contributed by atoms with Gasteiger partial charge in [-0.3, -0.25) is 0 Å². The number of halogens is 3. The van der Waals surface area contributed by atoms with E-state index in [9.17, 15) is 4.39 Å². The Balaban J connectivity index is 2.16. The molecule has 2 N–H and O–H groups in total. The lowest BCUT2D eigenvalue weighted by molar-refractivity contribution is 0.306. The van der Waals surface area contributed by atoms with Gasteiger partial charge in [-0.2, -0.15) is 0 Å². The molecule has 2 aromatic rings. The largest absolute Gasteiger partial charge is 0.487 e. The number of hydrogen-bond acceptors (Lipinski definition) is 2. The molecule has 0 radical (unpaired) electrons. The zero-order valence-electron chi connectivity index (χ0n) is 11.0. The highest BCUT2D eigenvalue weighted by Gasteiger charge is 2.06. The maximum absolute atomic E-state index is 13.5. The van der Waals surface area contributed by atoms with E-state index in [4.69, 9.17) is 33.7 Å². The second kappa shape index (κ2) is 7.33. The first-order valence-corrected chi connectivity index (χ1v) is 6.91. The minimum absolute atomic E-state index is 0.162. The van der Waals surface area contributed by atoms with Gasteiger partial charge in [0.25, 0.3) is 0 Å². The number of benzene rings is 2. The summed E-state index contributed by atoms with van der Waals surface area (Å²) in [6.45, 7) is 0.385. The third-order valence-corrected chi connectivity index (χ3v) is 3.40. The summed E-state index contributed by atoms with van der Waals surface area (Å²) < 4.78 is 19.1. The highest BCUT2D eigenvalue weighted by atomic mass is 35.5. The van der Waals surface area contributed by atoms with Crippen molar-refractivity contribution in [1.82, 2.24) is 0 Å². The Morgan fingerprint density at radius 3 is 2.76 bits per heavy atom. The summed E-state index contributed by atoms with van der Waals surface area (Å²) in [5.41, 5.74) is 6.50. The molecule has 0 unspecified atom stereocenters. The molecule has 0 fully saturated rings. The van der Waals surface area contributed by atoms with Crippen LogP contribution < -0.4 is 10.5 Å². The van der Waals surface area contributed by atoms with Crippen molar-refractivity contribution in [1.29, 1.82) is 0 Å². The normalized spacial score (nSPS) is 9.90. The van der Waals surface area contributed by atoms with Crippen LogP contribution in [0.3, 0.4) is 0 Å². The van der Waals surface area contributed by atoms with Crippen LogP contribution in [0.1, 0.15) is 11.1 Å². The van der Waals surface area contributed by atoms with Gasteiger partial charge in [0.1, 0.15) is 23.2 Å². The molecule has 0 bridgehead atoms. The van der Waals surface area contributed by atoms with E-state index in [-0.39, 0.29) is 19.0 Å². The Morgan fingerprint density at radius 1 is 1.19 bits per heavy atom. The number of nitrogens with two attached hydrogens (primary N) is 1. The quantitative estimate of drug-likeness (QED) is 0.866. The van der Waals surface area contributed by atoms with Gasteiger partial charge in [-0.05, 0) is 35.9 Å². The topological polar surface area (TPSA) is 35.2 Å². The predicted octanol–water partition coefficient (Wildman–Crippen LogP) is 4.02. The van der Waals surface area contributed by atoms with E-state index in [1.807, 2.05) is 0 Å². The van der Waals surface area contributed by atoms with Crippen molar-refractivity contribution >= 4 is 23.2 Å². The first-order chi connectivity index (χ1) is 10.1. The molecule has 0 aliphatic heterocycles. The van der Waals surface area contributed by atoms with Crippen LogP contribution >= 0.6 is 23.2 Å². The average Bonchev–Trinajstić information content (AvgIpc) is 2.46. The van der Waals surface area contributed by atoms with E-state index in [2.05, 4.69) is 11.8 Å². The standard InChI is InChI=1S/C16H12Cl2FNO/c17-14-4-1-5-15(16(14)18)21-10-12-7-11(3-2-6-20)8-13(19)9-12/h1,4-5,7-9H,6,10,20H2. The van der Waals surface area contributed by atoms with Crippen molar-refractivity contribution in [3.05, 3.63) is 63.4 Å². The summed E-state index contributed by atoms with van der Waals surface area (Å²) in [7, 11) is 0. The van der Waals surface area contributed by atoms with Crippen molar-refractivity contribution in [3.63, 3.8) is 0 Å².